The summed E-state index contributed by atoms with van der Waals surface area (Å²) in [6, 6.07) is 17.0. The highest BCUT2D eigenvalue weighted by Gasteiger charge is 2.05. The largest absolute Gasteiger partial charge is 0.497 e. The van der Waals surface area contributed by atoms with Crippen molar-refractivity contribution in [1.29, 1.82) is 0 Å². The van der Waals surface area contributed by atoms with Crippen LogP contribution in [0.3, 0.4) is 0 Å². The normalized spacial score (nSPS) is 10.2. The van der Waals surface area contributed by atoms with Crippen LogP contribution in [0.15, 0.2) is 82.9 Å². The van der Waals surface area contributed by atoms with Gasteiger partial charge < -0.3 is 15.4 Å². The minimum absolute atomic E-state index is 0.202. The van der Waals surface area contributed by atoms with Gasteiger partial charge in [0.25, 0.3) is 5.91 Å². The SMILES string of the molecule is C=C(C)C(=O)Nc1ccc(Nc2nccc(Sc3ccc(OC)cc3)n2)cc1. The molecule has 1 amide bonds. The molecule has 2 N–H and O–H groups in total. The second-order valence-corrected chi connectivity index (χ2v) is 7.03. The second-order valence-electron chi connectivity index (χ2n) is 5.93. The van der Waals surface area contributed by atoms with Crippen molar-refractivity contribution in [2.45, 2.75) is 16.8 Å². The first-order valence-corrected chi connectivity index (χ1v) is 9.34. The Labute approximate surface area is 168 Å². The molecule has 0 fully saturated rings. The maximum Gasteiger partial charge on any atom is 0.250 e. The molecule has 0 spiro atoms. The lowest BCUT2D eigenvalue weighted by atomic mass is 10.2. The molecule has 0 bridgehead atoms. The summed E-state index contributed by atoms with van der Waals surface area (Å²) in [7, 11) is 1.64. The van der Waals surface area contributed by atoms with Crippen molar-refractivity contribution in [3.8, 4) is 5.75 Å². The standard InChI is InChI=1S/C21H20N4O2S/c1-14(2)20(26)23-15-4-6-16(7-5-15)24-21-22-13-12-19(25-21)28-18-10-8-17(27-3)9-11-18/h4-13H,1H2,2-3H3,(H,23,26)(H,22,24,25). The van der Waals surface area contributed by atoms with Crippen LogP contribution >= 0.6 is 11.8 Å². The molecule has 3 rings (SSSR count). The number of benzene rings is 2. The Morgan fingerprint density at radius 1 is 1.04 bits per heavy atom. The quantitative estimate of drug-likeness (QED) is 0.440. The molecule has 1 aromatic heterocycles. The van der Waals surface area contributed by atoms with E-state index in [1.165, 1.54) is 0 Å². The third kappa shape index (κ3) is 5.34. The molecule has 6 nitrogen and oxygen atoms in total. The van der Waals surface area contributed by atoms with Crippen molar-refractivity contribution in [2.24, 2.45) is 0 Å². The third-order valence-electron chi connectivity index (χ3n) is 3.70. The van der Waals surface area contributed by atoms with Crippen molar-refractivity contribution in [1.82, 2.24) is 9.97 Å². The number of methoxy groups -OCH3 is 1. The average molecular weight is 392 g/mol. The molecule has 0 aliphatic carbocycles. The van der Waals surface area contributed by atoms with Gasteiger partial charge in [0.15, 0.2) is 0 Å². The van der Waals surface area contributed by atoms with E-state index in [1.54, 1.807) is 44.1 Å². The summed E-state index contributed by atoms with van der Waals surface area (Å²) in [4.78, 5) is 21.5. The number of nitrogens with one attached hydrogen (secondary N) is 2. The van der Waals surface area contributed by atoms with Gasteiger partial charge in [-0.05, 0) is 61.5 Å². The Morgan fingerprint density at radius 2 is 1.71 bits per heavy atom. The van der Waals surface area contributed by atoms with E-state index in [-0.39, 0.29) is 5.91 Å². The molecule has 0 saturated heterocycles. The van der Waals surface area contributed by atoms with Gasteiger partial charge in [-0.1, -0.05) is 18.3 Å². The van der Waals surface area contributed by atoms with Crippen molar-refractivity contribution >= 4 is 35.0 Å². The van der Waals surface area contributed by atoms with E-state index in [0.717, 1.165) is 21.4 Å². The van der Waals surface area contributed by atoms with Gasteiger partial charge >= 0.3 is 0 Å². The van der Waals surface area contributed by atoms with E-state index in [2.05, 4.69) is 27.2 Å². The van der Waals surface area contributed by atoms with Crippen molar-refractivity contribution < 1.29 is 9.53 Å². The van der Waals surface area contributed by atoms with Crippen molar-refractivity contribution in [2.75, 3.05) is 17.7 Å². The summed E-state index contributed by atoms with van der Waals surface area (Å²) in [5.74, 6) is 1.11. The highest BCUT2D eigenvalue weighted by atomic mass is 32.2. The summed E-state index contributed by atoms with van der Waals surface area (Å²) in [5.41, 5.74) is 1.98. The topological polar surface area (TPSA) is 76.1 Å². The van der Waals surface area contributed by atoms with Gasteiger partial charge in [0.2, 0.25) is 5.95 Å². The molecule has 28 heavy (non-hydrogen) atoms. The smallest absolute Gasteiger partial charge is 0.250 e. The molecule has 0 saturated carbocycles. The molecule has 142 valence electrons. The summed E-state index contributed by atoms with van der Waals surface area (Å²) >= 11 is 1.54. The van der Waals surface area contributed by atoms with Gasteiger partial charge in [0.1, 0.15) is 10.8 Å². The minimum atomic E-state index is -0.202. The van der Waals surface area contributed by atoms with Crippen LogP contribution in [0.1, 0.15) is 6.92 Å². The lowest BCUT2D eigenvalue weighted by molar-refractivity contribution is -0.112. The molecule has 1 heterocycles. The van der Waals surface area contributed by atoms with Crippen LogP contribution in [-0.2, 0) is 4.79 Å². The molecule has 0 aliphatic rings. The first-order chi connectivity index (χ1) is 13.5. The number of anilines is 3. The number of rotatable bonds is 7. The van der Waals surface area contributed by atoms with E-state index in [4.69, 9.17) is 4.74 Å². The maximum atomic E-state index is 11.7. The Hall–Kier alpha value is -3.32. The van der Waals surface area contributed by atoms with Gasteiger partial charge in [0.05, 0.1) is 7.11 Å². The summed E-state index contributed by atoms with van der Waals surface area (Å²) < 4.78 is 5.17. The summed E-state index contributed by atoms with van der Waals surface area (Å²) in [5, 5.41) is 6.76. The zero-order chi connectivity index (χ0) is 19.9. The van der Waals surface area contributed by atoms with Crippen LogP contribution in [0.4, 0.5) is 17.3 Å². The number of ether oxygens (including phenoxy) is 1. The summed E-state index contributed by atoms with van der Waals surface area (Å²) in [6.07, 6.45) is 1.71. The zero-order valence-electron chi connectivity index (χ0n) is 15.6. The molecule has 2 aromatic carbocycles. The number of hydrogen-bond acceptors (Lipinski definition) is 6. The van der Waals surface area contributed by atoms with Gasteiger partial charge in [0, 0.05) is 28.0 Å². The Balaban J connectivity index is 1.65. The van der Waals surface area contributed by atoms with Gasteiger partial charge in [-0.25, -0.2) is 9.97 Å². The predicted molar refractivity (Wildman–Crippen MR) is 112 cm³/mol. The maximum absolute atomic E-state index is 11.7. The molecule has 0 atom stereocenters. The Morgan fingerprint density at radius 3 is 2.36 bits per heavy atom. The molecule has 7 heteroatoms. The van der Waals surface area contributed by atoms with Crippen LogP contribution < -0.4 is 15.4 Å². The lowest BCUT2D eigenvalue weighted by Crippen LogP contribution is -2.11. The fourth-order valence-corrected chi connectivity index (χ4v) is 3.00. The average Bonchev–Trinajstić information content (AvgIpc) is 2.70. The first kappa shape index (κ1) is 19.4. The number of nitrogens with zero attached hydrogens (tertiary/aromatic N) is 2. The van der Waals surface area contributed by atoms with Gasteiger partial charge in [-0.15, -0.1) is 0 Å². The molecular weight excluding hydrogens is 372 g/mol. The fraction of sp³-hybridized carbons (Fsp3) is 0.0952. The van der Waals surface area contributed by atoms with E-state index in [1.807, 2.05) is 42.5 Å². The number of aromatic nitrogens is 2. The van der Waals surface area contributed by atoms with Crippen molar-refractivity contribution in [3.05, 3.63) is 72.9 Å². The van der Waals surface area contributed by atoms with Crippen LogP contribution in [0.2, 0.25) is 0 Å². The number of carbonyl (C=O) groups excluding carboxylic acids is 1. The zero-order valence-corrected chi connectivity index (χ0v) is 16.4. The van der Waals surface area contributed by atoms with E-state index in [0.29, 0.717) is 17.2 Å². The van der Waals surface area contributed by atoms with Crippen LogP contribution in [0.25, 0.3) is 0 Å². The Kier molecular flexibility index (Phi) is 6.29. The van der Waals surface area contributed by atoms with E-state index >= 15 is 0 Å². The van der Waals surface area contributed by atoms with Gasteiger partial charge in [-0.3, -0.25) is 4.79 Å². The highest BCUT2D eigenvalue weighted by molar-refractivity contribution is 7.99. The number of carbonyl (C=O) groups is 1. The van der Waals surface area contributed by atoms with Crippen LogP contribution in [0, 0.1) is 0 Å². The fourth-order valence-electron chi connectivity index (χ4n) is 2.23. The highest BCUT2D eigenvalue weighted by Crippen LogP contribution is 2.28. The monoisotopic (exact) mass is 392 g/mol. The Bertz CT molecular complexity index is 972. The second kappa shape index (κ2) is 9.05. The minimum Gasteiger partial charge on any atom is -0.497 e. The van der Waals surface area contributed by atoms with Crippen molar-refractivity contribution in [3.63, 3.8) is 0 Å². The number of amides is 1. The van der Waals surface area contributed by atoms with Crippen LogP contribution in [-0.4, -0.2) is 23.0 Å². The summed E-state index contributed by atoms with van der Waals surface area (Å²) in [6.45, 7) is 5.29. The lowest BCUT2D eigenvalue weighted by Gasteiger charge is -2.08. The number of hydrogen-bond donors (Lipinski definition) is 2. The molecule has 0 aliphatic heterocycles. The molecule has 0 radical (unpaired) electrons. The molecular formula is C21H20N4O2S. The van der Waals surface area contributed by atoms with Gasteiger partial charge in [-0.2, -0.15) is 0 Å². The molecule has 0 unspecified atom stereocenters. The van der Waals surface area contributed by atoms with E-state index in [9.17, 15) is 4.79 Å². The third-order valence-corrected chi connectivity index (χ3v) is 4.64. The predicted octanol–water partition coefficient (Wildman–Crippen LogP) is 4.89. The first-order valence-electron chi connectivity index (χ1n) is 8.52. The van der Waals surface area contributed by atoms with Crippen LogP contribution in [0.5, 0.6) is 5.75 Å². The van der Waals surface area contributed by atoms with E-state index < -0.39 is 0 Å². The molecule has 3 aromatic rings.